The average Bonchev–Trinajstić information content (AvgIpc) is 3.32. The molecule has 0 saturated carbocycles. The van der Waals surface area contributed by atoms with Crippen molar-refractivity contribution in [3.8, 4) is 0 Å². The molecule has 0 N–H and O–H groups in total. The zero-order valence-corrected chi connectivity index (χ0v) is 29.1. The van der Waals surface area contributed by atoms with Crippen LogP contribution in [-0.2, 0) is 27.3 Å². The van der Waals surface area contributed by atoms with Gasteiger partial charge in [0.05, 0.1) is 0 Å². The molecule has 0 aromatic heterocycles. The second kappa shape index (κ2) is 11.4. The summed E-state index contributed by atoms with van der Waals surface area (Å²) in [7, 11) is 0. The van der Waals surface area contributed by atoms with E-state index < -0.39 is 21.9 Å². The van der Waals surface area contributed by atoms with E-state index in [-0.39, 0.29) is 46.5 Å². The maximum atomic E-state index is 2.67. The summed E-state index contributed by atoms with van der Waals surface area (Å²) < 4.78 is 1.86. The van der Waals surface area contributed by atoms with Crippen LogP contribution < -0.4 is 10.4 Å². The Morgan fingerprint density at radius 1 is 0.944 bits per heavy atom. The minimum absolute atomic E-state index is 0. The molecule has 0 spiro atoms. The summed E-state index contributed by atoms with van der Waals surface area (Å²) in [5.41, 5.74) is 9.63. The third-order valence-electron chi connectivity index (χ3n) is 8.03. The van der Waals surface area contributed by atoms with Crippen molar-refractivity contribution in [3.05, 3.63) is 78.0 Å². The summed E-state index contributed by atoms with van der Waals surface area (Å²) in [6.07, 6.45) is 13.8. The van der Waals surface area contributed by atoms with Crippen LogP contribution in [0.2, 0.25) is 13.1 Å². The molecule has 36 heavy (non-hydrogen) atoms. The van der Waals surface area contributed by atoms with Gasteiger partial charge in [0.15, 0.2) is 0 Å². The van der Waals surface area contributed by atoms with Gasteiger partial charge in [0, 0.05) is 0 Å². The third-order valence-corrected chi connectivity index (χ3v) is 15.9. The van der Waals surface area contributed by atoms with E-state index in [1.165, 1.54) is 21.6 Å². The molecule has 0 aliphatic heterocycles. The summed E-state index contributed by atoms with van der Waals surface area (Å²) in [5.74, 6) is 0. The van der Waals surface area contributed by atoms with Crippen molar-refractivity contribution >= 4 is 41.9 Å². The summed E-state index contributed by atoms with van der Waals surface area (Å²) >= 11 is -0.709. The Balaban J connectivity index is 0.00000228. The molecule has 0 amide bonds. The number of hydrogen-bond donors (Lipinski definition) is 0. The van der Waals surface area contributed by atoms with Gasteiger partial charge in [-0.15, -0.1) is 24.8 Å². The number of halogens is 2. The van der Waals surface area contributed by atoms with Gasteiger partial charge in [0.2, 0.25) is 0 Å². The Kier molecular flexibility index (Phi) is 10.1. The molecule has 0 fully saturated rings. The van der Waals surface area contributed by atoms with E-state index >= 15 is 0 Å². The predicted octanol–water partition coefficient (Wildman–Crippen LogP) is 8.41. The fourth-order valence-corrected chi connectivity index (χ4v) is 15.2. The van der Waals surface area contributed by atoms with Crippen LogP contribution in [0.5, 0.6) is 0 Å². The molecule has 0 heterocycles. The first kappa shape index (κ1) is 31.8. The Hall–Kier alpha value is -0.400. The Morgan fingerprint density at radius 3 is 2.14 bits per heavy atom. The van der Waals surface area contributed by atoms with Gasteiger partial charge in [-0.05, 0) is 0 Å². The fraction of sp³-hybridized carbons (Fsp3) is 0.500. The molecule has 4 heteroatoms. The van der Waals surface area contributed by atoms with E-state index in [0.717, 1.165) is 19.3 Å². The Morgan fingerprint density at radius 2 is 1.61 bits per heavy atom. The minimum Gasteiger partial charge on any atom is -0.147 e. The van der Waals surface area contributed by atoms with Gasteiger partial charge in [-0.2, -0.15) is 0 Å². The van der Waals surface area contributed by atoms with Crippen LogP contribution in [0.4, 0.5) is 0 Å². The molecule has 0 saturated heterocycles. The van der Waals surface area contributed by atoms with Crippen LogP contribution in [0.1, 0.15) is 80.2 Å². The van der Waals surface area contributed by atoms with Crippen molar-refractivity contribution < 1.29 is 21.9 Å². The molecule has 0 radical (unpaired) electrons. The molecule has 195 valence electrons. The molecule has 1 atom stereocenters. The zero-order valence-electron chi connectivity index (χ0n) is 24.0. The van der Waals surface area contributed by atoms with Gasteiger partial charge in [-0.1, -0.05) is 0 Å². The summed E-state index contributed by atoms with van der Waals surface area (Å²) in [4.78, 5) is 0. The maximum Gasteiger partial charge on any atom is -0.147 e. The standard InChI is InChI=1S/C30H37.C2H6Si.2ClH.Zr/c1-9-20-11-14-27(24(20)10-2)30(29(6,7)8)16-15-26-22(19-30)17-21-18-23(28(3,4)5)12-13-25(21)26;1-3-2;;;/h11-13,15-18H,9-10,14H2,1-8H3;1-2H3;2*1H;. The van der Waals surface area contributed by atoms with Crippen LogP contribution in [0.25, 0.3) is 11.6 Å². The normalized spacial score (nSPS) is 20.7. The van der Waals surface area contributed by atoms with Crippen LogP contribution >= 0.6 is 24.8 Å². The second-order valence-corrected chi connectivity index (χ2v) is 25.2. The van der Waals surface area contributed by atoms with E-state index in [4.69, 9.17) is 0 Å². The van der Waals surface area contributed by atoms with Crippen molar-refractivity contribution in [1.82, 2.24) is 0 Å². The molecule has 3 aliphatic rings. The summed E-state index contributed by atoms with van der Waals surface area (Å²) in [6, 6.07) is 7.23. The van der Waals surface area contributed by atoms with Crippen LogP contribution in [0, 0.1) is 10.8 Å². The summed E-state index contributed by atoms with van der Waals surface area (Å²) in [6.45, 7) is 24.3. The van der Waals surface area contributed by atoms with Gasteiger partial charge in [-0.25, -0.2) is 0 Å². The molecule has 0 bridgehead atoms. The van der Waals surface area contributed by atoms with E-state index in [1.807, 2.05) is 3.28 Å². The first-order valence-electron chi connectivity index (χ1n) is 13.1. The molecule has 4 rings (SSSR count). The third kappa shape index (κ3) is 5.23. The largest absolute Gasteiger partial charge is 0.147 e. The topological polar surface area (TPSA) is 0 Å². The first-order chi connectivity index (χ1) is 15.8. The predicted molar refractivity (Wildman–Crippen MR) is 163 cm³/mol. The SMILES string of the molecule is CCC1=CCC(C2(C(C)(C)C)C=CC3=c4ccc(C(C)(C)C)cc4=CC3=[C]2[Zr]=[Si](C)C)=C1CC.Cl.Cl. The van der Waals surface area contributed by atoms with Crippen molar-refractivity contribution in [2.45, 2.75) is 93.2 Å². The average molecular weight is 620 g/mol. The van der Waals surface area contributed by atoms with Crippen molar-refractivity contribution in [2.75, 3.05) is 0 Å². The van der Waals surface area contributed by atoms with E-state index in [9.17, 15) is 0 Å². The van der Waals surface area contributed by atoms with Crippen molar-refractivity contribution in [3.63, 3.8) is 0 Å². The smallest absolute Gasteiger partial charge is 0.147 e. The van der Waals surface area contributed by atoms with Gasteiger partial charge in [0.25, 0.3) is 0 Å². The number of hydrogen-bond acceptors (Lipinski definition) is 0. The Bertz CT molecular complexity index is 1320. The molecular weight excluding hydrogens is 575 g/mol. The maximum absolute atomic E-state index is 2.67. The van der Waals surface area contributed by atoms with Crippen LogP contribution in [0.15, 0.2) is 62.0 Å². The fourth-order valence-electron chi connectivity index (χ4n) is 6.27. The van der Waals surface area contributed by atoms with Gasteiger partial charge >= 0.3 is 221 Å². The minimum atomic E-state index is -0.709. The van der Waals surface area contributed by atoms with E-state index in [2.05, 4.69) is 111 Å². The Labute approximate surface area is 244 Å². The monoisotopic (exact) mass is 617 g/mol. The van der Waals surface area contributed by atoms with Crippen molar-refractivity contribution in [1.29, 1.82) is 0 Å². The van der Waals surface area contributed by atoms with Crippen LogP contribution in [0.3, 0.4) is 0 Å². The molecular formula is C32H45Cl2SiZr. The summed E-state index contributed by atoms with van der Waals surface area (Å²) in [5, 5.41) is 2.89. The molecule has 1 aromatic rings. The quantitative estimate of drug-likeness (QED) is 0.297. The van der Waals surface area contributed by atoms with Gasteiger partial charge < -0.3 is 0 Å². The van der Waals surface area contributed by atoms with E-state index in [1.54, 1.807) is 22.3 Å². The molecule has 1 unspecified atom stereocenters. The number of allylic oxidation sites excluding steroid dienone is 8. The number of fused-ring (bicyclic) bond motifs is 2. The second-order valence-electron chi connectivity index (χ2n) is 12.5. The molecule has 1 aromatic carbocycles. The zero-order chi connectivity index (χ0) is 25.1. The molecule has 0 nitrogen and oxygen atoms in total. The van der Waals surface area contributed by atoms with E-state index in [0.29, 0.717) is 0 Å². The van der Waals surface area contributed by atoms with Gasteiger partial charge in [-0.3, -0.25) is 0 Å². The number of rotatable bonds is 4. The van der Waals surface area contributed by atoms with Crippen molar-refractivity contribution in [2.24, 2.45) is 10.8 Å². The number of benzene rings is 1. The first-order valence-corrected chi connectivity index (χ1v) is 20.6. The van der Waals surface area contributed by atoms with Crippen LogP contribution in [-0.4, -0.2) is 5.43 Å². The molecule has 3 aliphatic carbocycles. The van der Waals surface area contributed by atoms with Gasteiger partial charge in [0.1, 0.15) is 0 Å².